The minimum atomic E-state index is -0.153. The first-order chi connectivity index (χ1) is 8.74. The van der Waals surface area contributed by atoms with Crippen molar-refractivity contribution in [2.45, 2.75) is 19.3 Å². The number of aromatic nitrogens is 1. The average molecular weight is 241 g/mol. The van der Waals surface area contributed by atoms with E-state index in [2.05, 4.69) is 16.4 Å². The van der Waals surface area contributed by atoms with Crippen molar-refractivity contribution in [3.63, 3.8) is 0 Å². The Morgan fingerprint density at radius 3 is 2.94 bits per heavy atom. The van der Waals surface area contributed by atoms with Gasteiger partial charge in [-0.15, -0.1) is 0 Å². The third-order valence-electron chi connectivity index (χ3n) is 3.36. The Bertz CT molecular complexity index is 646. The van der Waals surface area contributed by atoms with Gasteiger partial charge < -0.3 is 16.0 Å². The van der Waals surface area contributed by atoms with Crippen LogP contribution >= 0.6 is 0 Å². The predicted molar refractivity (Wildman–Crippen MR) is 73.2 cm³/mol. The molecule has 1 heterocycles. The molecule has 4 nitrogen and oxygen atoms in total. The summed E-state index contributed by atoms with van der Waals surface area (Å²) in [5, 5.41) is 3.23. The molecule has 1 aliphatic carbocycles. The Hall–Kier alpha value is -2.23. The first kappa shape index (κ1) is 10.9. The van der Waals surface area contributed by atoms with E-state index in [1.165, 1.54) is 23.6 Å². The molecule has 4 N–H and O–H groups in total. The minimum absolute atomic E-state index is 0.153. The molecule has 1 aromatic carbocycles. The van der Waals surface area contributed by atoms with E-state index in [0.717, 1.165) is 18.5 Å². The van der Waals surface area contributed by atoms with E-state index in [4.69, 9.17) is 5.73 Å². The van der Waals surface area contributed by atoms with Crippen molar-refractivity contribution >= 4 is 17.2 Å². The van der Waals surface area contributed by atoms with Gasteiger partial charge in [0.1, 0.15) is 5.82 Å². The summed E-state index contributed by atoms with van der Waals surface area (Å²) in [6.07, 6.45) is 3.40. The smallest absolute Gasteiger partial charge is 0.249 e. The summed E-state index contributed by atoms with van der Waals surface area (Å²) in [6, 6.07) is 9.25. The van der Waals surface area contributed by atoms with E-state index in [9.17, 15) is 4.79 Å². The Kier molecular flexibility index (Phi) is 2.55. The zero-order valence-corrected chi connectivity index (χ0v) is 9.99. The van der Waals surface area contributed by atoms with Crippen molar-refractivity contribution < 1.29 is 0 Å². The second-order valence-corrected chi connectivity index (χ2v) is 4.57. The number of pyridine rings is 1. The third kappa shape index (κ3) is 1.86. The van der Waals surface area contributed by atoms with Gasteiger partial charge in [0.2, 0.25) is 5.56 Å². The fraction of sp³-hybridized carbons (Fsp3) is 0.214. The molecule has 2 aromatic rings. The standard InChI is InChI=1S/C14H15N3O/c15-11-7-8-13(18)17-14(11)16-12-6-2-4-9-3-1-5-10(9)12/h2,4,6-8H,1,3,5,15H2,(H2,16,17,18). The summed E-state index contributed by atoms with van der Waals surface area (Å²) < 4.78 is 0. The highest BCUT2D eigenvalue weighted by Gasteiger charge is 2.14. The summed E-state index contributed by atoms with van der Waals surface area (Å²) >= 11 is 0. The number of rotatable bonds is 2. The monoisotopic (exact) mass is 241 g/mol. The molecule has 1 aliphatic rings. The summed E-state index contributed by atoms with van der Waals surface area (Å²) in [7, 11) is 0. The van der Waals surface area contributed by atoms with Gasteiger partial charge in [-0.25, -0.2) is 0 Å². The number of nitrogens with two attached hydrogens (primary N) is 1. The molecule has 0 fully saturated rings. The number of aromatic amines is 1. The Balaban J connectivity index is 2.00. The molecule has 0 radical (unpaired) electrons. The van der Waals surface area contributed by atoms with Crippen LogP contribution in [0.25, 0.3) is 0 Å². The van der Waals surface area contributed by atoms with Gasteiger partial charge in [-0.2, -0.15) is 0 Å². The maximum Gasteiger partial charge on any atom is 0.249 e. The summed E-state index contributed by atoms with van der Waals surface area (Å²) in [4.78, 5) is 14.0. The topological polar surface area (TPSA) is 70.9 Å². The van der Waals surface area contributed by atoms with Gasteiger partial charge in [-0.3, -0.25) is 4.79 Å². The minimum Gasteiger partial charge on any atom is -0.396 e. The first-order valence-corrected chi connectivity index (χ1v) is 6.10. The number of nitrogen functional groups attached to an aromatic ring is 1. The number of benzene rings is 1. The van der Waals surface area contributed by atoms with Gasteiger partial charge in [-0.05, 0) is 42.5 Å². The molecule has 0 unspecified atom stereocenters. The molecule has 3 rings (SSSR count). The molecule has 0 bridgehead atoms. The van der Waals surface area contributed by atoms with Gasteiger partial charge in [0.25, 0.3) is 0 Å². The van der Waals surface area contributed by atoms with E-state index in [0.29, 0.717) is 11.5 Å². The maximum atomic E-state index is 11.3. The SMILES string of the molecule is Nc1ccc(=O)[nH]c1Nc1cccc2c1CCC2. The predicted octanol–water partition coefficient (Wildman–Crippen LogP) is 2.19. The highest BCUT2D eigenvalue weighted by Crippen LogP contribution is 2.31. The van der Waals surface area contributed by atoms with Gasteiger partial charge in [0.15, 0.2) is 0 Å². The van der Waals surface area contributed by atoms with Crippen molar-refractivity contribution in [2.24, 2.45) is 0 Å². The third-order valence-corrected chi connectivity index (χ3v) is 3.36. The lowest BCUT2D eigenvalue weighted by atomic mass is 10.1. The van der Waals surface area contributed by atoms with Crippen LogP contribution in [-0.4, -0.2) is 4.98 Å². The van der Waals surface area contributed by atoms with Crippen molar-refractivity contribution in [1.29, 1.82) is 0 Å². The van der Waals surface area contributed by atoms with Crippen LogP contribution in [0.4, 0.5) is 17.2 Å². The van der Waals surface area contributed by atoms with Crippen molar-refractivity contribution in [3.8, 4) is 0 Å². The molecule has 4 heteroatoms. The quantitative estimate of drug-likeness (QED) is 0.754. The van der Waals surface area contributed by atoms with Crippen LogP contribution in [0.5, 0.6) is 0 Å². The van der Waals surface area contributed by atoms with E-state index in [-0.39, 0.29) is 5.56 Å². The average Bonchev–Trinajstić information content (AvgIpc) is 2.83. The van der Waals surface area contributed by atoms with Crippen LogP contribution in [0.15, 0.2) is 35.1 Å². The van der Waals surface area contributed by atoms with E-state index < -0.39 is 0 Å². The number of fused-ring (bicyclic) bond motifs is 1. The zero-order valence-electron chi connectivity index (χ0n) is 9.99. The highest BCUT2D eigenvalue weighted by molar-refractivity contribution is 5.71. The van der Waals surface area contributed by atoms with Crippen molar-refractivity contribution in [1.82, 2.24) is 4.98 Å². The van der Waals surface area contributed by atoms with Crippen LogP contribution in [0.3, 0.4) is 0 Å². The Morgan fingerprint density at radius 1 is 1.17 bits per heavy atom. The van der Waals surface area contributed by atoms with Gasteiger partial charge in [-0.1, -0.05) is 12.1 Å². The number of hydrogen-bond acceptors (Lipinski definition) is 3. The van der Waals surface area contributed by atoms with Crippen LogP contribution < -0.4 is 16.6 Å². The Morgan fingerprint density at radius 2 is 2.06 bits per heavy atom. The second kappa shape index (κ2) is 4.22. The fourth-order valence-electron chi connectivity index (χ4n) is 2.46. The van der Waals surface area contributed by atoms with Crippen molar-refractivity contribution in [2.75, 3.05) is 11.1 Å². The molecule has 18 heavy (non-hydrogen) atoms. The van der Waals surface area contributed by atoms with E-state index in [1.54, 1.807) is 6.07 Å². The molecule has 0 aliphatic heterocycles. The van der Waals surface area contributed by atoms with Gasteiger partial charge in [0, 0.05) is 11.8 Å². The van der Waals surface area contributed by atoms with Crippen molar-refractivity contribution in [3.05, 3.63) is 51.8 Å². The van der Waals surface area contributed by atoms with Crippen LogP contribution in [0, 0.1) is 0 Å². The number of nitrogens with one attached hydrogen (secondary N) is 2. The molecular weight excluding hydrogens is 226 g/mol. The lowest BCUT2D eigenvalue weighted by molar-refractivity contribution is 0.912. The fourth-order valence-corrected chi connectivity index (χ4v) is 2.46. The number of hydrogen-bond donors (Lipinski definition) is 3. The summed E-state index contributed by atoms with van der Waals surface area (Å²) in [5.41, 5.74) is 10.0. The lowest BCUT2D eigenvalue weighted by Gasteiger charge is -2.12. The maximum absolute atomic E-state index is 11.3. The van der Waals surface area contributed by atoms with E-state index in [1.807, 2.05) is 12.1 Å². The zero-order chi connectivity index (χ0) is 12.5. The molecule has 92 valence electrons. The molecule has 0 saturated heterocycles. The normalized spacial score (nSPS) is 13.3. The van der Waals surface area contributed by atoms with Gasteiger partial charge >= 0.3 is 0 Å². The molecule has 0 atom stereocenters. The molecule has 0 amide bonds. The number of anilines is 3. The molecule has 0 spiro atoms. The largest absolute Gasteiger partial charge is 0.396 e. The highest BCUT2D eigenvalue weighted by atomic mass is 16.1. The van der Waals surface area contributed by atoms with Crippen LogP contribution in [0.2, 0.25) is 0 Å². The van der Waals surface area contributed by atoms with Crippen LogP contribution in [0.1, 0.15) is 17.5 Å². The van der Waals surface area contributed by atoms with E-state index >= 15 is 0 Å². The molecular formula is C14H15N3O. The van der Waals surface area contributed by atoms with Crippen LogP contribution in [-0.2, 0) is 12.8 Å². The first-order valence-electron chi connectivity index (χ1n) is 6.10. The number of H-pyrrole nitrogens is 1. The summed E-state index contributed by atoms with van der Waals surface area (Å²) in [5.74, 6) is 0.572. The summed E-state index contributed by atoms with van der Waals surface area (Å²) in [6.45, 7) is 0. The molecule has 0 saturated carbocycles. The second-order valence-electron chi connectivity index (χ2n) is 4.57. The molecule has 1 aromatic heterocycles. The lowest BCUT2D eigenvalue weighted by Crippen LogP contribution is -2.10. The number of aryl methyl sites for hydroxylation is 1. The van der Waals surface area contributed by atoms with Gasteiger partial charge in [0.05, 0.1) is 5.69 Å². The Labute approximate surface area is 105 Å².